The molecule has 0 saturated heterocycles. The second-order valence-electron chi connectivity index (χ2n) is 5.46. The highest BCUT2D eigenvalue weighted by atomic mass is 35.5. The highest BCUT2D eigenvalue weighted by Gasteiger charge is 2.18. The molecule has 0 saturated carbocycles. The van der Waals surface area contributed by atoms with Gasteiger partial charge in [0.05, 0.1) is 22.5 Å². The lowest BCUT2D eigenvalue weighted by atomic mass is 10.0. The first-order valence-electron chi connectivity index (χ1n) is 7.24. The average molecular weight is 322 g/mol. The maximum absolute atomic E-state index is 12.3. The zero-order valence-electron chi connectivity index (χ0n) is 12.7. The third-order valence-electron chi connectivity index (χ3n) is 3.51. The molecule has 6 heteroatoms. The molecular weight excluding hydrogens is 302 g/mol. The van der Waals surface area contributed by atoms with E-state index in [1.807, 2.05) is 32.0 Å². The van der Waals surface area contributed by atoms with Gasteiger partial charge in [-0.25, -0.2) is 4.68 Å². The first-order valence-corrected chi connectivity index (χ1v) is 7.62. The number of aromatic nitrogens is 2. The molecule has 1 atom stereocenters. The summed E-state index contributed by atoms with van der Waals surface area (Å²) in [5, 5.41) is 16.8. The largest absolute Gasteiger partial charge is 0.396 e. The van der Waals surface area contributed by atoms with E-state index in [1.165, 1.54) is 6.20 Å². The zero-order valence-corrected chi connectivity index (χ0v) is 13.4. The van der Waals surface area contributed by atoms with E-state index in [9.17, 15) is 4.79 Å². The number of nitrogens with zero attached hydrogens (tertiary/aromatic N) is 2. The molecule has 22 heavy (non-hydrogen) atoms. The fraction of sp³-hybridized carbons (Fsp3) is 0.375. The SMILES string of the molecule is CC(C)C(CCO)NC(=O)c1cnn(-c2ccccc2Cl)c1. The number of aliphatic hydroxyl groups excluding tert-OH is 1. The summed E-state index contributed by atoms with van der Waals surface area (Å²) in [5.41, 5.74) is 1.18. The Morgan fingerprint density at radius 3 is 2.77 bits per heavy atom. The summed E-state index contributed by atoms with van der Waals surface area (Å²) in [7, 11) is 0. The molecule has 5 nitrogen and oxygen atoms in total. The smallest absolute Gasteiger partial charge is 0.254 e. The number of hydrogen-bond donors (Lipinski definition) is 2. The predicted molar refractivity (Wildman–Crippen MR) is 86.4 cm³/mol. The van der Waals surface area contributed by atoms with Gasteiger partial charge in [0.2, 0.25) is 0 Å². The van der Waals surface area contributed by atoms with Crippen LogP contribution in [-0.2, 0) is 0 Å². The first-order chi connectivity index (χ1) is 10.5. The number of amides is 1. The van der Waals surface area contributed by atoms with E-state index in [0.29, 0.717) is 17.0 Å². The van der Waals surface area contributed by atoms with Gasteiger partial charge in [-0.15, -0.1) is 0 Å². The van der Waals surface area contributed by atoms with Crippen LogP contribution in [0.1, 0.15) is 30.6 Å². The molecule has 0 aliphatic heterocycles. The van der Waals surface area contributed by atoms with E-state index < -0.39 is 0 Å². The van der Waals surface area contributed by atoms with Crippen LogP contribution < -0.4 is 5.32 Å². The van der Waals surface area contributed by atoms with Crippen LogP contribution in [0.15, 0.2) is 36.7 Å². The number of benzene rings is 1. The molecule has 0 aliphatic rings. The highest BCUT2D eigenvalue weighted by Crippen LogP contribution is 2.19. The molecule has 2 aromatic rings. The fourth-order valence-electron chi connectivity index (χ4n) is 2.17. The Hall–Kier alpha value is -1.85. The van der Waals surface area contributed by atoms with Crippen LogP contribution in [0.25, 0.3) is 5.69 Å². The lowest BCUT2D eigenvalue weighted by molar-refractivity contribution is 0.0916. The summed E-state index contributed by atoms with van der Waals surface area (Å²) < 4.78 is 1.58. The molecule has 1 amide bonds. The number of carbonyl (C=O) groups excluding carboxylic acids is 1. The van der Waals surface area contributed by atoms with Crippen LogP contribution >= 0.6 is 11.6 Å². The van der Waals surface area contributed by atoms with Crippen LogP contribution in [0.4, 0.5) is 0 Å². The van der Waals surface area contributed by atoms with Crippen molar-refractivity contribution in [3.63, 3.8) is 0 Å². The van der Waals surface area contributed by atoms with E-state index in [1.54, 1.807) is 16.9 Å². The maximum atomic E-state index is 12.3. The van der Waals surface area contributed by atoms with Crippen LogP contribution in [0, 0.1) is 5.92 Å². The molecule has 2 N–H and O–H groups in total. The predicted octanol–water partition coefficient (Wildman–Crippen LogP) is 2.66. The Morgan fingerprint density at radius 2 is 2.14 bits per heavy atom. The van der Waals surface area contributed by atoms with E-state index in [-0.39, 0.29) is 24.5 Å². The van der Waals surface area contributed by atoms with Crippen molar-refractivity contribution >= 4 is 17.5 Å². The zero-order chi connectivity index (χ0) is 16.1. The van der Waals surface area contributed by atoms with Gasteiger partial charge < -0.3 is 10.4 Å². The second kappa shape index (κ2) is 7.42. The number of nitrogens with one attached hydrogen (secondary N) is 1. The Kier molecular flexibility index (Phi) is 5.57. The summed E-state index contributed by atoms with van der Waals surface area (Å²) >= 11 is 6.13. The molecule has 1 unspecified atom stereocenters. The van der Waals surface area contributed by atoms with Gasteiger partial charge in [0.25, 0.3) is 5.91 Å². The van der Waals surface area contributed by atoms with Crippen molar-refractivity contribution in [2.45, 2.75) is 26.3 Å². The van der Waals surface area contributed by atoms with Gasteiger partial charge in [0, 0.05) is 18.8 Å². The fourth-order valence-corrected chi connectivity index (χ4v) is 2.39. The maximum Gasteiger partial charge on any atom is 0.254 e. The van der Waals surface area contributed by atoms with Gasteiger partial charge in [0.1, 0.15) is 0 Å². The van der Waals surface area contributed by atoms with Crippen LogP contribution in [0.3, 0.4) is 0 Å². The molecule has 0 radical (unpaired) electrons. The van der Waals surface area contributed by atoms with E-state index in [2.05, 4.69) is 10.4 Å². The number of carbonyl (C=O) groups is 1. The third-order valence-corrected chi connectivity index (χ3v) is 3.82. The quantitative estimate of drug-likeness (QED) is 0.859. The Bertz CT molecular complexity index is 640. The van der Waals surface area contributed by atoms with Crippen molar-refractivity contribution in [3.05, 3.63) is 47.2 Å². The topological polar surface area (TPSA) is 67.2 Å². The van der Waals surface area contributed by atoms with Crippen molar-refractivity contribution in [3.8, 4) is 5.69 Å². The molecule has 118 valence electrons. The molecule has 0 aliphatic carbocycles. The average Bonchev–Trinajstić information content (AvgIpc) is 2.96. The summed E-state index contributed by atoms with van der Waals surface area (Å²) in [6, 6.07) is 7.24. The van der Waals surface area contributed by atoms with Gasteiger partial charge in [-0.05, 0) is 24.5 Å². The minimum atomic E-state index is -0.203. The first kappa shape index (κ1) is 16.5. The Labute approximate surface area is 134 Å². The minimum Gasteiger partial charge on any atom is -0.396 e. The third kappa shape index (κ3) is 3.87. The van der Waals surface area contributed by atoms with Crippen LogP contribution in [0.2, 0.25) is 5.02 Å². The minimum absolute atomic E-state index is 0.0437. The Balaban J connectivity index is 2.14. The summed E-state index contributed by atoms with van der Waals surface area (Å²) in [4.78, 5) is 12.3. The summed E-state index contributed by atoms with van der Waals surface area (Å²) in [6.45, 7) is 4.06. The number of hydrogen-bond acceptors (Lipinski definition) is 3. The number of aliphatic hydroxyl groups is 1. The van der Waals surface area contributed by atoms with E-state index in [4.69, 9.17) is 16.7 Å². The molecule has 1 aromatic heterocycles. The van der Waals surface area contributed by atoms with E-state index in [0.717, 1.165) is 5.69 Å². The van der Waals surface area contributed by atoms with Gasteiger partial charge in [-0.3, -0.25) is 4.79 Å². The van der Waals surface area contributed by atoms with Gasteiger partial charge in [-0.1, -0.05) is 37.6 Å². The molecule has 2 rings (SSSR count). The summed E-state index contributed by atoms with van der Waals surface area (Å²) in [5.74, 6) is 0.0418. The van der Waals surface area contributed by atoms with Crippen molar-refractivity contribution in [1.82, 2.24) is 15.1 Å². The number of halogens is 1. The number of rotatable bonds is 6. The number of para-hydroxylation sites is 1. The van der Waals surface area contributed by atoms with Crippen molar-refractivity contribution < 1.29 is 9.90 Å². The second-order valence-corrected chi connectivity index (χ2v) is 5.87. The van der Waals surface area contributed by atoms with Crippen molar-refractivity contribution in [1.29, 1.82) is 0 Å². The Morgan fingerprint density at radius 1 is 1.41 bits per heavy atom. The molecular formula is C16H20ClN3O2. The monoisotopic (exact) mass is 321 g/mol. The molecule has 0 spiro atoms. The lowest BCUT2D eigenvalue weighted by Crippen LogP contribution is -2.39. The van der Waals surface area contributed by atoms with E-state index >= 15 is 0 Å². The molecule has 1 heterocycles. The molecule has 0 fully saturated rings. The lowest BCUT2D eigenvalue weighted by Gasteiger charge is -2.21. The highest BCUT2D eigenvalue weighted by molar-refractivity contribution is 6.32. The normalized spacial score (nSPS) is 12.4. The van der Waals surface area contributed by atoms with Gasteiger partial charge in [0.15, 0.2) is 0 Å². The van der Waals surface area contributed by atoms with Gasteiger partial charge in [-0.2, -0.15) is 5.10 Å². The van der Waals surface area contributed by atoms with Crippen molar-refractivity contribution in [2.24, 2.45) is 5.92 Å². The van der Waals surface area contributed by atoms with Crippen molar-refractivity contribution in [2.75, 3.05) is 6.61 Å². The van der Waals surface area contributed by atoms with Crippen LogP contribution in [0.5, 0.6) is 0 Å². The van der Waals surface area contributed by atoms with Crippen LogP contribution in [-0.4, -0.2) is 33.4 Å². The molecule has 0 bridgehead atoms. The summed E-state index contributed by atoms with van der Waals surface area (Å²) in [6.07, 6.45) is 3.68. The molecule has 1 aromatic carbocycles. The van der Waals surface area contributed by atoms with Gasteiger partial charge >= 0.3 is 0 Å². The standard InChI is InChI=1S/C16H20ClN3O2/c1-11(2)14(7-8-21)19-16(22)12-9-18-20(10-12)15-6-4-3-5-13(15)17/h3-6,9-11,14,21H,7-8H2,1-2H3,(H,19,22).